The zero-order valence-electron chi connectivity index (χ0n) is 10.9. The number of hydrogen-bond donors (Lipinski definition) is 2. The van der Waals surface area contributed by atoms with Gasteiger partial charge in [0.05, 0.1) is 6.61 Å². The van der Waals surface area contributed by atoms with E-state index in [0.29, 0.717) is 0 Å². The summed E-state index contributed by atoms with van der Waals surface area (Å²) in [5.41, 5.74) is 2.35. The van der Waals surface area contributed by atoms with Gasteiger partial charge in [0.25, 0.3) is 0 Å². The van der Waals surface area contributed by atoms with Crippen LogP contribution in [0.2, 0.25) is 0 Å². The Balaban J connectivity index is 2.75. The van der Waals surface area contributed by atoms with Gasteiger partial charge < -0.3 is 10.4 Å². The Kier molecular flexibility index (Phi) is 5.47. The number of rotatable bonds is 6. The van der Waals surface area contributed by atoms with Crippen LogP contribution in [0.15, 0.2) is 22.7 Å². The number of aliphatic hydroxyl groups excluding tert-OH is 1. The van der Waals surface area contributed by atoms with Crippen LogP contribution in [0.3, 0.4) is 0 Å². The summed E-state index contributed by atoms with van der Waals surface area (Å²) in [6.45, 7) is 7.41. The highest BCUT2D eigenvalue weighted by Gasteiger charge is 2.25. The van der Waals surface area contributed by atoms with Gasteiger partial charge in [-0.3, -0.25) is 0 Å². The van der Waals surface area contributed by atoms with Crippen molar-refractivity contribution in [1.82, 2.24) is 0 Å². The summed E-state index contributed by atoms with van der Waals surface area (Å²) in [6.07, 6.45) is 1.97. The van der Waals surface area contributed by atoms with Crippen molar-refractivity contribution >= 4 is 21.6 Å². The van der Waals surface area contributed by atoms with Gasteiger partial charge in [-0.25, -0.2) is 0 Å². The maximum atomic E-state index is 9.53. The average molecular weight is 300 g/mol. The largest absolute Gasteiger partial charge is 0.396 e. The number of halogens is 1. The number of anilines is 1. The van der Waals surface area contributed by atoms with Crippen LogP contribution >= 0.6 is 15.9 Å². The maximum absolute atomic E-state index is 9.53. The zero-order valence-corrected chi connectivity index (χ0v) is 12.5. The molecule has 2 nitrogen and oxygen atoms in total. The van der Waals surface area contributed by atoms with Gasteiger partial charge in [-0.05, 0) is 37.5 Å². The molecule has 0 saturated heterocycles. The van der Waals surface area contributed by atoms with Gasteiger partial charge in [0.15, 0.2) is 0 Å². The smallest absolute Gasteiger partial charge is 0.0504 e. The summed E-state index contributed by atoms with van der Waals surface area (Å²) < 4.78 is 1.12. The summed E-state index contributed by atoms with van der Waals surface area (Å²) in [6, 6.07) is 6.14. The first-order chi connectivity index (χ1) is 8.08. The molecule has 0 unspecified atom stereocenters. The predicted molar refractivity (Wildman–Crippen MR) is 77.5 cm³/mol. The monoisotopic (exact) mass is 299 g/mol. The SMILES string of the molecule is CCC(CC)(CO)CNc1cccc(Br)c1C. The van der Waals surface area contributed by atoms with Crippen LogP contribution in [0.25, 0.3) is 0 Å². The number of hydrogen-bond acceptors (Lipinski definition) is 2. The van der Waals surface area contributed by atoms with Gasteiger partial charge in [0, 0.05) is 22.1 Å². The normalized spacial score (nSPS) is 11.6. The van der Waals surface area contributed by atoms with Gasteiger partial charge in [-0.2, -0.15) is 0 Å². The van der Waals surface area contributed by atoms with E-state index in [0.717, 1.165) is 29.5 Å². The molecule has 0 aliphatic carbocycles. The van der Waals surface area contributed by atoms with Gasteiger partial charge in [0.2, 0.25) is 0 Å². The fraction of sp³-hybridized carbons (Fsp3) is 0.571. The minimum atomic E-state index is -0.00520. The van der Waals surface area contributed by atoms with E-state index in [9.17, 15) is 5.11 Å². The lowest BCUT2D eigenvalue weighted by molar-refractivity contribution is 0.127. The molecule has 96 valence electrons. The van der Waals surface area contributed by atoms with E-state index in [4.69, 9.17) is 0 Å². The molecule has 3 heteroatoms. The van der Waals surface area contributed by atoms with Crippen LogP contribution in [0.1, 0.15) is 32.3 Å². The van der Waals surface area contributed by atoms with E-state index < -0.39 is 0 Å². The van der Waals surface area contributed by atoms with Crippen molar-refractivity contribution < 1.29 is 5.11 Å². The second kappa shape index (κ2) is 6.41. The molecule has 0 aliphatic heterocycles. The summed E-state index contributed by atoms with van der Waals surface area (Å²) in [4.78, 5) is 0. The fourth-order valence-electron chi connectivity index (χ4n) is 1.86. The molecule has 0 fully saturated rings. The molecule has 1 aromatic carbocycles. The minimum absolute atomic E-state index is 0.00520. The van der Waals surface area contributed by atoms with Gasteiger partial charge in [-0.1, -0.05) is 35.8 Å². The molecular weight excluding hydrogens is 278 g/mol. The van der Waals surface area contributed by atoms with Crippen molar-refractivity contribution in [2.45, 2.75) is 33.6 Å². The second-order valence-electron chi connectivity index (χ2n) is 4.63. The molecule has 0 radical (unpaired) electrons. The van der Waals surface area contributed by atoms with Crippen LogP contribution in [0, 0.1) is 12.3 Å². The van der Waals surface area contributed by atoms with E-state index in [2.05, 4.69) is 48.1 Å². The first-order valence-electron chi connectivity index (χ1n) is 6.18. The zero-order chi connectivity index (χ0) is 12.9. The minimum Gasteiger partial charge on any atom is -0.396 e. The van der Waals surface area contributed by atoms with E-state index in [1.807, 2.05) is 12.1 Å². The van der Waals surface area contributed by atoms with Crippen LogP contribution in [0.5, 0.6) is 0 Å². The van der Waals surface area contributed by atoms with Crippen molar-refractivity contribution in [3.8, 4) is 0 Å². The summed E-state index contributed by atoms with van der Waals surface area (Å²) in [5, 5.41) is 13.0. The first kappa shape index (κ1) is 14.5. The van der Waals surface area contributed by atoms with Crippen molar-refractivity contribution in [1.29, 1.82) is 0 Å². The third-order valence-electron chi connectivity index (χ3n) is 3.76. The molecule has 1 aromatic rings. The average Bonchev–Trinajstić information content (AvgIpc) is 2.36. The van der Waals surface area contributed by atoms with E-state index in [1.165, 1.54) is 5.56 Å². The standard InChI is InChI=1S/C14H22BrNO/c1-4-14(5-2,10-17)9-16-13-8-6-7-12(15)11(13)3/h6-8,16-17H,4-5,9-10H2,1-3H3. The van der Waals surface area contributed by atoms with Crippen molar-refractivity contribution in [3.05, 3.63) is 28.2 Å². The highest BCUT2D eigenvalue weighted by atomic mass is 79.9. The molecule has 17 heavy (non-hydrogen) atoms. The molecule has 2 N–H and O–H groups in total. The van der Waals surface area contributed by atoms with Crippen LogP contribution in [-0.2, 0) is 0 Å². The first-order valence-corrected chi connectivity index (χ1v) is 6.97. The second-order valence-corrected chi connectivity index (χ2v) is 5.49. The Morgan fingerprint density at radius 3 is 2.47 bits per heavy atom. The van der Waals surface area contributed by atoms with Crippen molar-refractivity contribution in [3.63, 3.8) is 0 Å². The van der Waals surface area contributed by atoms with Crippen molar-refractivity contribution in [2.75, 3.05) is 18.5 Å². The van der Waals surface area contributed by atoms with E-state index >= 15 is 0 Å². The fourth-order valence-corrected chi connectivity index (χ4v) is 2.23. The Labute approximate surface area is 113 Å². The Bertz CT molecular complexity index is 353. The van der Waals surface area contributed by atoms with Gasteiger partial charge in [0.1, 0.15) is 0 Å². The van der Waals surface area contributed by atoms with Crippen LogP contribution in [-0.4, -0.2) is 18.3 Å². The number of aliphatic hydroxyl groups is 1. The molecular formula is C14H22BrNO. The van der Waals surface area contributed by atoms with Crippen LogP contribution < -0.4 is 5.32 Å². The van der Waals surface area contributed by atoms with E-state index in [1.54, 1.807) is 0 Å². The summed E-state index contributed by atoms with van der Waals surface area (Å²) in [5.74, 6) is 0. The lowest BCUT2D eigenvalue weighted by atomic mass is 9.83. The summed E-state index contributed by atoms with van der Waals surface area (Å²) >= 11 is 3.53. The quantitative estimate of drug-likeness (QED) is 0.833. The molecule has 0 aliphatic rings. The molecule has 0 saturated carbocycles. The molecule has 1 rings (SSSR count). The maximum Gasteiger partial charge on any atom is 0.0504 e. The Morgan fingerprint density at radius 1 is 1.29 bits per heavy atom. The molecule has 0 aromatic heterocycles. The highest BCUT2D eigenvalue weighted by Crippen LogP contribution is 2.28. The highest BCUT2D eigenvalue weighted by molar-refractivity contribution is 9.10. The lowest BCUT2D eigenvalue weighted by Crippen LogP contribution is -2.32. The van der Waals surface area contributed by atoms with E-state index in [-0.39, 0.29) is 12.0 Å². The van der Waals surface area contributed by atoms with Crippen LogP contribution in [0.4, 0.5) is 5.69 Å². The lowest BCUT2D eigenvalue weighted by Gasteiger charge is -2.30. The van der Waals surface area contributed by atoms with Crippen molar-refractivity contribution in [2.24, 2.45) is 5.41 Å². The molecule has 0 heterocycles. The third-order valence-corrected chi connectivity index (χ3v) is 4.62. The number of nitrogens with one attached hydrogen (secondary N) is 1. The molecule has 0 amide bonds. The molecule has 0 bridgehead atoms. The Morgan fingerprint density at radius 2 is 1.94 bits per heavy atom. The van der Waals surface area contributed by atoms with Gasteiger partial charge >= 0.3 is 0 Å². The molecule has 0 atom stereocenters. The topological polar surface area (TPSA) is 32.3 Å². The van der Waals surface area contributed by atoms with Gasteiger partial charge in [-0.15, -0.1) is 0 Å². The predicted octanol–water partition coefficient (Wildman–Crippen LogP) is 3.97. The molecule has 0 spiro atoms. The number of benzene rings is 1. The Hall–Kier alpha value is -0.540. The summed E-state index contributed by atoms with van der Waals surface area (Å²) in [7, 11) is 0. The third kappa shape index (κ3) is 3.46.